The number of anilines is 1. The van der Waals surface area contributed by atoms with Gasteiger partial charge >= 0.3 is 0 Å². The van der Waals surface area contributed by atoms with Gasteiger partial charge in [0.05, 0.1) is 25.3 Å². The first-order valence-electron chi connectivity index (χ1n) is 7.20. The van der Waals surface area contributed by atoms with Gasteiger partial charge in [-0.3, -0.25) is 19.3 Å². The van der Waals surface area contributed by atoms with Gasteiger partial charge in [-0.1, -0.05) is 0 Å². The van der Waals surface area contributed by atoms with Crippen LogP contribution in [0.15, 0.2) is 12.1 Å². The molecule has 10 heteroatoms. The molecule has 3 amide bonds. The Morgan fingerprint density at radius 2 is 1.56 bits per heavy atom. The molecule has 0 saturated carbocycles. The van der Waals surface area contributed by atoms with Crippen molar-refractivity contribution in [1.29, 1.82) is 0 Å². The third kappa shape index (κ3) is 6.42. The number of nitrogens with one attached hydrogen (secondary N) is 2. The fraction of sp³-hybridized carbons (Fsp3) is 0.400. The van der Waals surface area contributed by atoms with Crippen molar-refractivity contribution in [2.45, 2.75) is 0 Å². The lowest BCUT2D eigenvalue weighted by Gasteiger charge is -2.17. The minimum Gasteiger partial charge on any atom is -0.347 e. The Balaban J connectivity index is 2.48. The van der Waals surface area contributed by atoms with Gasteiger partial charge in [0.2, 0.25) is 17.7 Å². The average molecular weight is 360 g/mol. The van der Waals surface area contributed by atoms with Gasteiger partial charge in [-0.2, -0.15) is 0 Å². The molecule has 0 aliphatic carbocycles. The van der Waals surface area contributed by atoms with Gasteiger partial charge in [-0.25, -0.2) is 13.2 Å². The number of rotatable bonds is 7. The SMILES string of the molecule is CN(CC(=O)NCC(=O)N(C)C)CC(=O)Nc1ccc(F)c(F)c1F. The van der Waals surface area contributed by atoms with Crippen LogP contribution in [0.5, 0.6) is 0 Å². The van der Waals surface area contributed by atoms with E-state index in [0.29, 0.717) is 6.07 Å². The van der Waals surface area contributed by atoms with E-state index in [1.807, 2.05) is 0 Å². The van der Waals surface area contributed by atoms with Gasteiger partial charge in [0.1, 0.15) is 0 Å². The van der Waals surface area contributed by atoms with Crippen molar-refractivity contribution >= 4 is 23.4 Å². The summed E-state index contributed by atoms with van der Waals surface area (Å²) in [6.45, 7) is -0.659. The number of carbonyl (C=O) groups excluding carboxylic acids is 3. The topological polar surface area (TPSA) is 81.8 Å². The normalized spacial score (nSPS) is 10.5. The highest BCUT2D eigenvalue weighted by atomic mass is 19.2. The van der Waals surface area contributed by atoms with Crippen LogP contribution in [0.25, 0.3) is 0 Å². The molecule has 1 rings (SSSR count). The summed E-state index contributed by atoms with van der Waals surface area (Å²) in [5.74, 6) is -6.04. The van der Waals surface area contributed by atoms with Crippen LogP contribution in [-0.2, 0) is 14.4 Å². The fourth-order valence-electron chi connectivity index (χ4n) is 1.75. The van der Waals surface area contributed by atoms with Crippen LogP contribution in [0.4, 0.5) is 18.9 Å². The van der Waals surface area contributed by atoms with Crippen LogP contribution < -0.4 is 10.6 Å². The molecule has 0 aromatic heterocycles. The summed E-state index contributed by atoms with van der Waals surface area (Å²) in [5, 5.41) is 4.48. The lowest BCUT2D eigenvalue weighted by atomic mass is 10.2. The molecule has 0 bridgehead atoms. The quantitative estimate of drug-likeness (QED) is 0.680. The average Bonchev–Trinajstić information content (AvgIpc) is 2.52. The largest absolute Gasteiger partial charge is 0.347 e. The highest BCUT2D eigenvalue weighted by Crippen LogP contribution is 2.19. The standard InChI is InChI=1S/C15H19F3N4O3/c1-21(2)13(25)6-19-11(23)7-22(3)8-12(24)20-10-5-4-9(16)14(17)15(10)18/h4-5H,6-8H2,1-3H3,(H,19,23)(H,20,24). The van der Waals surface area contributed by atoms with Gasteiger partial charge < -0.3 is 15.5 Å². The van der Waals surface area contributed by atoms with Gasteiger partial charge in [-0.15, -0.1) is 0 Å². The van der Waals surface area contributed by atoms with Crippen LogP contribution in [0.2, 0.25) is 0 Å². The van der Waals surface area contributed by atoms with Gasteiger partial charge in [-0.05, 0) is 19.2 Å². The first kappa shape index (κ1) is 20.4. The molecule has 0 unspecified atom stereocenters. The van der Waals surface area contributed by atoms with Crippen LogP contribution in [-0.4, -0.2) is 68.3 Å². The van der Waals surface area contributed by atoms with E-state index in [1.54, 1.807) is 14.1 Å². The molecule has 0 heterocycles. The Labute approximate surface area is 142 Å². The maximum Gasteiger partial charge on any atom is 0.241 e. The molecule has 2 N–H and O–H groups in total. The van der Waals surface area contributed by atoms with Crippen molar-refractivity contribution in [3.63, 3.8) is 0 Å². The maximum absolute atomic E-state index is 13.5. The number of hydrogen-bond donors (Lipinski definition) is 2. The predicted molar refractivity (Wildman–Crippen MR) is 84.1 cm³/mol. The van der Waals surface area contributed by atoms with E-state index in [2.05, 4.69) is 10.6 Å². The Hall–Kier alpha value is -2.62. The molecule has 1 aromatic carbocycles. The number of halogens is 3. The van der Waals surface area contributed by atoms with Crippen molar-refractivity contribution < 1.29 is 27.6 Å². The zero-order chi connectivity index (χ0) is 19.1. The number of amides is 3. The van der Waals surface area contributed by atoms with E-state index in [4.69, 9.17) is 0 Å². The predicted octanol–water partition coefficient (Wildman–Crippen LogP) is 0.179. The van der Waals surface area contributed by atoms with E-state index in [9.17, 15) is 27.6 Å². The summed E-state index contributed by atoms with van der Waals surface area (Å²) in [6.07, 6.45) is 0. The molecule has 0 spiro atoms. The third-order valence-corrected chi connectivity index (χ3v) is 3.07. The lowest BCUT2D eigenvalue weighted by Crippen LogP contribution is -2.42. The molecule has 0 radical (unpaired) electrons. The second kappa shape index (κ2) is 9.02. The Morgan fingerprint density at radius 3 is 2.16 bits per heavy atom. The number of benzene rings is 1. The molecular weight excluding hydrogens is 341 g/mol. The molecule has 25 heavy (non-hydrogen) atoms. The zero-order valence-corrected chi connectivity index (χ0v) is 14.0. The first-order chi connectivity index (χ1) is 11.6. The molecule has 0 saturated heterocycles. The number of hydrogen-bond acceptors (Lipinski definition) is 4. The summed E-state index contributed by atoms with van der Waals surface area (Å²) >= 11 is 0. The summed E-state index contributed by atoms with van der Waals surface area (Å²) < 4.78 is 39.4. The summed E-state index contributed by atoms with van der Waals surface area (Å²) in [7, 11) is 4.54. The smallest absolute Gasteiger partial charge is 0.241 e. The van der Waals surface area contributed by atoms with E-state index < -0.39 is 35.0 Å². The molecular formula is C15H19F3N4O3. The van der Waals surface area contributed by atoms with Gasteiger partial charge in [0.25, 0.3) is 0 Å². The van der Waals surface area contributed by atoms with Crippen LogP contribution in [0.1, 0.15) is 0 Å². The highest BCUT2D eigenvalue weighted by Gasteiger charge is 2.17. The van der Waals surface area contributed by atoms with Crippen LogP contribution in [0.3, 0.4) is 0 Å². The Bertz CT molecular complexity index is 668. The summed E-state index contributed by atoms with van der Waals surface area (Å²) in [5.41, 5.74) is -0.502. The third-order valence-electron chi connectivity index (χ3n) is 3.07. The van der Waals surface area contributed by atoms with Crippen molar-refractivity contribution in [2.24, 2.45) is 0 Å². The molecule has 1 aromatic rings. The number of carbonyl (C=O) groups is 3. The molecule has 0 aliphatic rings. The van der Waals surface area contributed by atoms with E-state index >= 15 is 0 Å². The fourth-order valence-corrected chi connectivity index (χ4v) is 1.75. The zero-order valence-electron chi connectivity index (χ0n) is 14.0. The number of nitrogens with zero attached hydrogens (tertiary/aromatic N) is 2. The summed E-state index contributed by atoms with van der Waals surface area (Å²) in [6, 6.07) is 1.58. The maximum atomic E-state index is 13.5. The Morgan fingerprint density at radius 1 is 0.960 bits per heavy atom. The monoisotopic (exact) mass is 360 g/mol. The second-order valence-electron chi connectivity index (χ2n) is 5.51. The minimum atomic E-state index is -1.68. The minimum absolute atomic E-state index is 0.175. The summed E-state index contributed by atoms with van der Waals surface area (Å²) in [4.78, 5) is 37.4. The van der Waals surface area contributed by atoms with E-state index in [0.717, 1.165) is 6.07 Å². The Kier molecular flexibility index (Phi) is 7.37. The van der Waals surface area contributed by atoms with E-state index in [1.165, 1.54) is 16.8 Å². The van der Waals surface area contributed by atoms with E-state index in [-0.39, 0.29) is 25.5 Å². The highest BCUT2D eigenvalue weighted by molar-refractivity contribution is 5.93. The van der Waals surface area contributed by atoms with Crippen molar-refractivity contribution in [3.05, 3.63) is 29.6 Å². The van der Waals surface area contributed by atoms with Crippen molar-refractivity contribution in [1.82, 2.24) is 15.1 Å². The van der Waals surface area contributed by atoms with Crippen LogP contribution in [0, 0.1) is 17.5 Å². The van der Waals surface area contributed by atoms with Crippen molar-refractivity contribution in [2.75, 3.05) is 46.1 Å². The second-order valence-corrected chi connectivity index (χ2v) is 5.51. The molecule has 0 aliphatic heterocycles. The van der Waals surface area contributed by atoms with Crippen LogP contribution >= 0.6 is 0 Å². The molecule has 7 nitrogen and oxygen atoms in total. The number of likely N-dealkylation sites (N-methyl/N-ethyl adjacent to an activating group) is 2. The van der Waals surface area contributed by atoms with Crippen molar-refractivity contribution in [3.8, 4) is 0 Å². The molecule has 0 atom stereocenters. The molecule has 0 fully saturated rings. The first-order valence-corrected chi connectivity index (χ1v) is 7.20. The van der Waals surface area contributed by atoms with Gasteiger partial charge in [0, 0.05) is 14.1 Å². The lowest BCUT2D eigenvalue weighted by molar-refractivity contribution is -0.131. The molecule has 138 valence electrons. The van der Waals surface area contributed by atoms with Gasteiger partial charge in [0.15, 0.2) is 17.5 Å².